The number of fused-ring (bicyclic) bond motifs is 1. The quantitative estimate of drug-likeness (QED) is 0.522. The van der Waals surface area contributed by atoms with Crippen LogP contribution in [0.15, 0.2) is 65.6 Å². The fourth-order valence-corrected chi connectivity index (χ4v) is 3.16. The van der Waals surface area contributed by atoms with E-state index in [-0.39, 0.29) is 23.6 Å². The first-order chi connectivity index (χ1) is 14.4. The van der Waals surface area contributed by atoms with E-state index in [1.165, 1.54) is 15.4 Å². The van der Waals surface area contributed by atoms with Crippen molar-refractivity contribution in [3.8, 4) is 5.69 Å². The third-order valence-corrected chi connectivity index (χ3v) is 4.62. The SMILES string of the molecule is Cn1nc(CC(=O)Nc2ccc(-n3ccc(C(N)=O)n3)cc2)c2ccccc2c1=O. The number of benzene rings is 2. The van der Waals surface area contributed by atoms with Crippen molar-refractivity contribution in [2.45, 2.75) is 6.42 Å². The van der Waals surface area contributed by atoms with Gasteiger partial charge in [-0.2, -0.15) is 10.2 Å². The number of amides is 2. The maximum atomic E-state index is 12.5. The Morgan fingerprint density at radius 1 is 1.00 bits per heavy atom. The molecule has 0 unspecified atom stereocenters. The van der Waals surface area contributed by atoms with Gasteiger partial charge in [0, 0.05) is 24.3 Å². The maximum absolute atomic E-state index is 12.5. The van der Waals surface area contributed by atoms with Crippen molar-refractivity contribution >= 4 is 28.3 Å². The molecule has 0 saturated heterocycles. The summed E-state index contributed by atoms with van der Waals surface area (Å²) in [6, 6.07) is 15.6. The highest BCUT2D eigenvalue weighted by Gasteiger charge is 2.13. The van der Waals surface area contributed by atoms with Crippen molar-refractivity contribution < 1.29 is 9.59 Å². The van der Waals surface area contributed by atoms with E-state index in [0.29, 0.717) is 27.8 Å². The van der Waals surface area contributed by atoms with Crippen molar-refractivity contribution in [3.63, 3.8) is 0 Å². The Bertz CT molecular complexity index is 1320. The Labute approximate surface area is 170 Å². The van der Waals surface area contributed by atoms with Crippen LogP contribution in [-0.2, 0) is 18.3 Å². The number of nitrogens with zero attached hydrogens (tertiary/aromatic N) is 4. The van der Waals surface area contributed by atoms with Gasteiger partial charge >= 0.3 is 0 Å². The predicted molar refractivity (Wildman–Crippen MR) is 111 cm³/mol. The number of aromatic nitrogens is 4. The highest BCUT2D eigenvalue weighted by molar-refractivity contribution is 5.95. The fourth-order valence-electron chi connectivity index (χ4n) is 3.16. The summed E-state index contributed by atoms with van der Waals surface area (Å²) in [7, 11) is 1.56. The first-order valence-electron chi connectivity index (χ1n) is 9.13. The van der Waals surface area contributed by atoms with Gasteiger partial charge in [0.05, 0.1) is 23.2 Å². The lowest BCUT2D eigenvalue weighted by Gasteiger charge is -2.09. The summed E-state index contributed by atoms with van der Waals surface area (Å²) in [6.07, 6.45) is 1.65. The van der Waals surface area contributed by atoms with Crippen LogP contribution in [0.3, 0.4) is 0 Å². The molecule has 0 spiro atoms. The lowest BCUT2D eigenvalue weighted by molar-refractivity contribution is -0.115. The molecule has 0 fully saturated rings. The zero-order chi connectivity index (χ0) is 21.3. The van der Waals surface area contributed by atoms with Crippen LogP contribution in [0, 0.1) is 0 Å². The number of nitrogens with one attached hydrogen (secondary N) is 1. The fraction of sp³-hybridized carbons (Fsp3) is 0.0952. The van der Waals surface area contributed by atoms with Crippen molar-refractivity contribution in [2.24, 2.45) is 12.8 Å². The summed E-state index contributed by atoms with van der Waals surface area (Å²) in [6.45, 7) is 0. The average molecular weight is 402 g/mol. The van der Waals surface area contributed by atoms with Gasteiger partial charge in [-0.15, -0.1) is 0 Å². The van der Waals surface area contributed by atoms with Crippen molar-refractivity contribution in [2.75, 3.05) is 5.32 Å². The second-order valence-electron chi connectivity index (χ2n) is 6.70. The molecular formula is C21H18N6O3. The number of carbonyl (C=O) groups excluding carboxylic acids is 2. The number of carbonyl (C=O) groups is 2. The number of anilines is 1. The summed E-state index contributed by atoms with van der Waals surface area (Å²) < 4.78 is 2.76. The zero-order valence-corrected chi connectivity index (χ0v) is 16.1. The minimum Gasteiger partial charge on any atom is -0.364 e. The smallest absolute Gasteiger partial charge is 0.274 e. The van der Waals surface area contributed by atoms with E-state index in [0.717, 1.165) is 0 Å². The van der Waals surface area contributed by atoms with Crippen molar-refractivity contribution in [1.82, 2.24) is 19.6 Å². The van der Waals surface area contributed by atoms with Crippen molar-refractivity contribution in [3.05, 3.63) is 82.5 Å². The van der Waals surface area contributed by atoms with E-state index in [9.17, 15) is 14.4 Å². The first kappa shape index (κ1) is 19.1. The van der Waals surface area contributed by atoms with Crippen LogP contribution in [0.4, 0.5) is 5.69 Å². The number of rotatable bonds is 5. The summed E-state index contributed by atoms with van der Waals surface area (Å²) in [4.78, 5) is 35.9. The molecule has 0 aliphatic heterocycles. The van der Waals surface area contributed by atoms with E-state index >= 15 is 0 Å². The summed E-state index contributed by atoms with van der Waals surface area (Å²) in [5.41, 5.74) is 7.02. The Hall–Kier alpha value is -4.27. The highest BCUT2D eigenvalue weighted by Crippen LogP contribution is 2.16. The van der Waals surface area contributed by atoms with Gasteiger partial charge in [0.25, 0.3) is 11.5 Å². The van der Waals surface area contributed by atoms with Crippen LogP contribution < -0.4 is 16.6 Å². The van der Waals surface area contributed by atoms with Crippen molar-refractivity contribution in [1.29, 1.82) is 0 Å². The molecule has 0 radical (unpaired) electrons. The largest absolute Gasteiger partial charge is 0.364 e. The molecule has 2 heterocycles. The Kier molecular flexibility index (Phi) is 4.85. The second-order valence-corrected chi connectivity index (χ2v) is 6.70. The molecule has 0 atom stereocenters. The van der Waals surface area contributed by atoms with Gasteiger partial charge in [-0.1, -0.05) is 18.2 Å². The molecule has 0 aliphatic rings. The Balaban J connectivity index is 1.51. The molecule has 2 aromatic carbocycles. The van der Waals surface area contributed by atoms with Crippen LogP contribution in [0.2, 0.25) is 0 Å². The summed E-state index contributed by atoms with van der Waals surface area (Å²) >= 11 is 0. The molecule has 9 nitrogen and oxygen atoms in total. The van der Waals surface area contributed by atoms with E-state index in [1.807, 2.05) is 6.07 Å². The second kappa shape index (κ2) is 7.63. The molecule has 30 heavy (non-hydrogen) atoms. The number of hydrogen-bond acceptors (Lipinski definition) is 5. The Morgan fingerprint density at radius 2 is 1.70 bits per heavy atom. The average Bonchev–Trinajstić information content (AvgIpc) is 3.23. The molecule has 0 bridgehead atoms. The third-order valence-electron chi connectivity index (χ3n) is 4.62. The van der Waals surface area contributed by atoms with E-state index in [2.05, 4.69) is 15.5 Å². The molecule has 4 aromatic rings. The molecule has 2 amide bonds. The minimum absolute atomic E-state index is 0.0253. The number of nitrogens with two attached hydrogens (primary N) is 1. The summed E-state index contributed by atoms with van der Waals surface area (Å²) in [5.74, 6) is -0.855. The van der Waals surface area contributed by atoms with Crippen LogP contribution in [-0.4, -0.2) is 31.4 Å². The molecule has 0 aliphatic carbocycles. The molecule has 4 rings (SSSR count). The molecule has 2 aromatic heterocycles. The van der Waals surface area contributed by atoms with E-state index in [4.69, 9.17) is 5.73 Å². The van der Waals surface area contributed by atoms with Gasteiger partial charge < -0.3 is 11.1 Å². The van der Waals surface area contributed by atoms with Gasteiger partial charge in [-0.25, -0.2) is 9.36 Å². The molecular weight excluding hydrogens is 384 g/mol. The van der Waals surface area contributed by atoms with E-state index in [1.54, 1.807) is 55.7 Å². The molecule has 150 valence electrons. The zero-order valence-electron chi connectivity index (χ0n) is 16.1. The van der Waals surface area contributed by atoms with Crippen LogP contribution in [0.5, 0.6) is 0 Å². The van der Waals surface area contributed by atoms with Gasteiger partial charge in [0.1, 0.15) is 5.69 Å². The number of hydrogen-bond donors (Lipinski definition) is 2. The van der Waals surface area contributed by atoms with E-state index < -0.39 is 5.91 Å². The van der Waals surface area contributed by atoms with Crippen LogP contribution >= 0.6 is 0 Å². The molecule has 0 saturated carbocycles. The highest BCUT2D eigenvalue weighted by atomic mass is 16.2. The minimum atomic E-state index is -0.600. The first-order valence-corrected chi connectivity index (χ1v) is 9.13. The van der Waals surface area contributed by atoms with Gasteiger partial charge in [0.2, 0.25) is 5.91 Å². The maximum Gasteiger partial charge on any atom is 0.274 e. The lowest BCUT2D eigenvalue weighted by atomic mass is 10.1. The third kappa shape index (κ3) is 3.68. The lowest BCUT2D eigenvalue weighted by Crippen LogP contribution is -2.24. The normalized spacial score (nSPS) is 10.8. The monoisotopic (exact) mass is 402 g/mol. The summed E-state index contributed by atoms with van der Waals surface area (Å²) in [5, 5.41) is 12.3. The van der Waals surface area contributed by atoms with Gasteiger partial charge in [0.15, 0.2) is 0 Å². The van der Waals surface area contributed by atoms with Gasteiger partial charge in [-0.3, -0.25) is 14.4 Å². The number of primary amides is 1. The van der Waals surface area contributed by atoms with Crippen LogP contribution in [0.1, 0.15) is 16.2 Å². The predicted octanol–water partition coefficient (Wildman–Crippen LogP) is 1.40. The molecule has 3 N–H and O–H groups in total. The standard InChI is InChI=1S/C21H18N6O3/c1-26-21(30)16-5-3-2-4-15(16)18(24-26)12-19(28)23-13-6-8-14(9-7-13)27-11-10-17(25-27)20(22)29/h2-11H,12H2,1H3,(H2,22,29)(H,23,28). The Morgan fingerprint density at radius 3 is 2.37 bits per heavy atom. The topological polar surface area (TPSA) is 125 Å². The molecule has 9 heteroatoms. The van der Waals surface area contributed by atoms with Crippen LogP contribution in [0.25, 0.3) is 16.5 Å². The van der Waals surface area contributed by atoms with Gasteiger partial charge in [-0.05, 0) is 36.4 Å². The number of aryl methyl sites for hydroxylation is 1.